The van der Waals surface area contributed by atoms with Crippen molar-refractivity contribution >= 4 is 34.1 Å². The molecule has 2 N–H and O–H groups in total. The number of nitrogens with zero attached hydrogens (tertiary/aromatic N) is 1. The van der Waals surface area contributed by atoms with E-state index < -0.39 is 11.9 Å². The molecule has 184 valence electrons. The molecule has 0 aliphatic carbocycles. The maximum absolute atomic E-state index is 13.7. The average molecular weight is 515 g/mol. The fourth-order valence-corrected chi connectivity index (χ4v) is 5.28. The van der Waals surface area contributed by atoms with Gasteiger partial charge in [0.25, 0.3) is 0 Å². The second kappa shape index (κ2) is 11.6. The summed E-state index contributed by atoms with van der Waals surface area (Å²) in [4.78, 5) is 4.44. The van der Waals surface area contributed by atoms with Crippen LogP contribution in [0, 0.1) is 23.1 Å². The van der Waals surface area contributed by atoms with Gasteiger partial charge in [0.15, 0.2) is 0 Å². The highest BCUT2D eigenvalue weighted by Gasteiger charge is 2.38. The minimum absolute atomic E-state index is 0.0739. The monoisotopic (exact) mass is 514 g/mol. The van der Waals surface area contributed by atoms with Crippen molar-refractivity contribution in [3.63, 3.8) is 0 Å². The highest BCUT2D eigenvalue weighted by molar-refractivity contribution is 6.32. The van der Waals surface area contributed by atoms with Crippen LogP contribution in [0.25, 0.3) is 10.9 Å². The van der Waals surface area contributed by atoms with Crippen molar-refractivity contribution in [2.24, 2.45) is 5.41 Å². The molecule has 35 heavy (non-hydrogen) atoms. The predicted molar refractivity (Wildman–Crippen MR) is 140 cm³/mol. The molecule has 4 rings (SSSR count). The molecule has 0 bridgehead atoms. The molecular formula is C28H29Cl2FN2O2. The molecule has 4 nitrogen and oxygen atoms in total. The van der Waals surface area contributed by atoms with E-state index in [2.05, 4.69) is 22.1 Å². The molecule has 1 fully saturated rings. The Morgan fingerprint density at radius 3 is 2.71 bits per heavy atom. The van der Waals surface area contributed by atoms with Crippen molar-refractivity contribution in [3.05, 3.63) is 69.6 Å². The quantitative estimate of drug-likeness (QED) is 0.369. The molecule has 1 aliphatic rings. The van der Waals surface area contributed by atoms with E-state index in [1.165, 1.54) is 12.1 Å². The maximum atomic E-state index is 13.7. The molecule has 1 unspecified atom stereocenters. The van der Waals surface area contributed by atoms with Crippen LogP contribution < -0.4 is 10.1 Å². The fraction of sp³-hybridized carbons (Fsp3) is 0.393. The summed E-state index contributed by atoms with van der Waals surface area (Å²) in [5.74, 6) is 6.29. The van der Waals surface area contributed by atoms with Gasteiger partial charge in [0.2, 0.25) is 0 Å². The number of fused-ring (bicyclic) bond motifs is 1. The van der Waals surface area contributed by atoms with Crippen LogP contribution in [-0.4, -0.2) is 36.4 Å². The van der Waals surface area contributed by atoms with Crippen LogP contribution in [0.5, 0.6) is 5.75 Å². The summed E-state index contributed by atoms with van der Waals surface area (Å²) in [6, 6.07) is 10.3. The van der Waals surface area contributed by atoms with E-state index in [4.69, 9.17) is 27.9 Å². The first-order chi connectivity index (χ1) is 16.9. The largest absolute Gasteiger partial charge is 0.497 e. The lowest BCUT2D eigenvalue weighted by atomic mass is 9.69. The first kappa shape index (κ1) is 25.7. The van der Waals surface area contributed by atoms with Gasteiger partial charge in [0.05, 0.1) is 28.8 Å². The molecule has 1 aromatic heterocycles. The van der Waals surface area contributed by atoms with Gasteiger partial charge in [-0.25, -0.2) is 4.39 Å². The predicted octanol–water partition coefficient (Wildman–Crippen LogP) is 6.18. The van der Waals surface area contributed by atoms with Gasteiger partial charge in [-0.3, -0.25) is 4.98 Å². The number of methoxy groups -OCH3 is 1. The number of aliphatic hydroxyl groups excluding tert-OH is 1. The summed E-state index contributed by atoms with van der Waals surface area (Å²) in [5, 5.41) is 16.3. The topological polar surface area (TPSA) is 54.4 Å². The number of ether oxygens (including phenoxy) is 1. The number of nitrogens with one attached hydrogen (secondary N) is 1. The summed E-state index contributed by atoms with van der Waals surface area (Å²) in [5.41, 5.74) is 2.26. The average Bonchev–Trinajstić information content (AvgIpc) is 2.87. The van der Waals surface area contributed by atoms with E-state index in [1.807, 2.05) is 18.2 Å². The van der Waals surface area contributed by atoms with Gasteiger partial charge in [-0.2, -0.15) is 0 Å². The normalized spacial score (nSPS) is 15.9. The Labute approximate surface area is 215 Å². The maximum Gasteiger partial charge on any atom is 0.143 e. The minimum atomic E-state index is -0.570. The van der Waals surface area contributed by atoms with Crippen molar-refractivity contribution in [2.75, 3.05) is 20.2 Å². The lowest BCUT2D eigenvalue weighted by molar-refractivity contribution is -0.00337. The molecule has 0 radical (unpaired) electrons. The standard InChI is InChI=1S/C28H29Cl2FN2O2/c1-35-20-8-10-26-22(17-20)21(24(30)18-33-26)5-3-11-28(12-14-32-15-13-28)27(34)6-2-4-19-7-9-23(29)25(31)16-19/h7-10,16-18,27,32,34H,3,5-6,11-15H2,1H3. The second-order valence-electron chi connectivity index (χ2n) is 9.08. The van der Waals surface area contributed by atoms with Gasteiger partial charge in [0, 0.05) is 23.6 Å². The summed E-state index contributed by atoms with van der Waals surface area (Å²) in [6.07, 6.45) is 5.74. The summed E-state index contributed by atoms with van der Waals surface area (Å²) in [7, 11) is 1.65. The fourth-order valence-electron chi connectivity index (χ4n) is 4.92. The zero-order valence-corrected chi connectivity index (χ0v) is 21.2. The molecule has 0 saturated carbocycles. The van der Waals surface area contributed by atoms with E-state index in [-0.39, 0.29) is 10.4 Å². The van der Waals surface area contributed by atoms with Crippen molar-refractivity contribution in [3.8, 4) is 17.6 Å². The van der Waals surface area contributed by atoms with Crippen LogP contribution >= 0.6 is 23.2 Å². The zero-order valence-electron chi connectivity index (χ0n) is 19.7. The van der Waals surface area contributed by atoms with Crippen molar-refractivity contribution in [1.29, 1.82) is 0 Å². The first-order valence-corrected chi connectivity index (χ1v) is 12.6. The number of pyridine rings is 1. The van der Waals surface area contributed by atoms with E-state index in [0.29, 0.717) is 17.0 Å². The third-order valence-corrected chi connectivity index (χ3v) is 7.62. The molecule has 7 heteroatoms. The van der Waals surface area contributed by atoms with E-state index >= 15 is 0 Å². The Hall–Kier alpha value is -2.36. The Kier molecular flexibility index (Phi) is 8.51. The third-order valence-electron chi connectivity index (χ3n) is 6.99. The highest BCUT2D eigenvalue weighted by Crippen LogP contribution is 2.40. The number of aryl methyl sites for hydroxylation is 1. The smallest absolute Gasteiger partial charge is 0.143 e. The van der Waals surface area contributed by atoms with Crippen LogP contribution in [-0.2, 0) is 6.42 Å². The van der Waals surface area contributed by atoms with Gasteiger partial charge < -0.3 is 15.2 Å². The lowest BCUT2D eigenvalue weighted by Crippen LogP contribution is -2.44. The Morgan fingerprint density at radius 1 is 1.17 bits per heavy atom. The number of piperidine rings is 1. The number of aliphatic hydroxyl groups is 1. The van der Waals surface area contributed by atoms with Gasteiger partial charge in [-0.1, -0.05) is 35.0 Å². The molecule has 1 aliphatic heterocycles. The number of halogens is 3. The molecule has 1 atom stereocenters. The van der Waals surface area contributed by atoms with Gasteiger partial charge in [-0.15, -0.1) is 0 Å². The van der Waals surface area contributed by atoms with Crippen LogP contribution in [0.2, 0.25) is 10.0 Å². The van der Waals surface area contributed by atoms with Crippen LogP contribution in [0.15, 0.2) is 42.6 Å². The second-order valence-corrected chi connectivity index (χ2v) is 9.90. The number of aromatic nitrogens is 1. The molecule has 2 aromatic carbocycles. The SMILES string of the molecule is COc1ccc2ncc(Cl)c(CCCC3(C(O)CC#Cc4ccc(Cl)c(F)c4)CCNCC3)c2c1. The van der Waals surface area contributed by atoms with E-state index in [1.54, 1.807) is 19.4 Å². The molecule has 0 amide bonds. The Morgan fingerprint density at radius 2 is 1.97 bits per heavy atom. The molecule has 2 heterocycles. The summed E-state index contributed by atoms with van der Waals surface area (Å²) < 4.78 is 19.1. The first-order valence-electron chi connectivity index (χ1n) is 11.9. The Bertz CT molecular complexity index is 1250. The molecular weight excluding hydrogens is 486 g/mol. The van der Waals surface area contributed by atoms with Crippen molar-refractivity contribution in [2.45, 2.75) is 44.6 Å². The number of hydrogen-bond acceptors (Lipinski definition) is 4. The van der Waals surface area contributed by atoms with Gasteiger partial charge in [-0.05, 0) is 92.6 Å². The summed E-state index contributed by atoms with van der Waals surface area (Å²) in [6.45, 7) is 1.73. The molecule has 1 saturated heterocycles. The van der Waals surface area contributed by atoms with Crippen molar-refractivity contribution < 1.29 is 14.2 Å². The van der Waals surface area contributed by atoms with E-state index in [0.717, 1.165) is 67.4 Å². The van der Waals surface area contributed by atoms with E-state index in [9.17, 15) is 9.50 Å². The number of hydrogen-bond donors (Lipinski definition) is 2. The van der Waals surface area contributed by atoms with Crippen LogP contribution in [0.3, 0.4) is 0 Å². The van der Waals surface area contributed by atoms with Crippen molar-refractivity contribution in [1.82, 2.24) is 10.3 Å². The minimum Gasteiger partial charge on any atom is -0.497 e. The highest BCUT2D eigenvalue weighted by atomic mass is 35.5. The van der Waals surface area contributed by atoms with Crippen LogP contribution in [0.4, 0.5) is 4.39 Å². The molecule has 3 aromatic rings. The third kappa shape index (κ3) is 6.08. The van der Waals surface area contributed by atoms with Crippen LogP contribution in [0.1, 0.15) is 43.2 Å². The molecule has 0 spiro atoms. The number of rotatable bonds is 7. The summed E-state index contributed by atoms with van der Waals surface area (Å²) >= 11 is 12.3. The van der Waals surface area contributed by atoms with Gasteiger partial charge in [0.1, 0.15) is 11.6 Å². The lowest BCUT2D eigenvalue weighted by Gasteiger charge is -2.41. The zero-order chi connectivity index (χ0) is 24.8. The number of benzene rings is 2. The Balaban J connectivity index is 1.47. The van der Waals surface area contributed by atoms with Gasteiger partial charge >= 0.3 is 0 Å².